The van der Waals surface area contributed by atoms with Crippen LogP contribution in [0, 0.1) is 5.41 Å². The molecule has 21 heavy (non-hydrogen) atoms. The van der Waals surface area contributed by atoms with Crippen LogP contribution in [-0.4, -0.2) is 36.5 Å². The molecule has 0 radical (unpaired) electrons. The second-order valence-corrected chi connectivity index (χ2v) is 6.26. The largest absolute Gasteiger partial charge is 0.356 e. The van der Waals surface area contributed by atoms with Crippen molar-refractivity contribution in [3.63, 3.8) is 0 Å². The average Bonchev–Trinajstić information content (AvgIpc) is 2.83. The van der Waals surface area contributed by atoms with E-state index in [9.17, 15) is 9.59 Å². The Bertz CT molecular complexity index is 568. The fourth-order valence-corrected chi connectivity index (χ4v) is 3.23. The quantitative estimate of drug-likeness (QED) is 0.837. The van der Waals surface area contributed by atoms with Gasteiger partial charge in [0.2, 0.25) is 5.91 Å². The standard InChI is InChI=1S/C15H18ClN3O2/c16-11-3-1-2-4-12(11)18-14(21)19-7-5-15(6-8-19)9-13(20)17-10-15/h1-4H,5-10H2,(H,17,20)(H,18,21). The van der Waals surface area contributed by atoms with E-state index in [1.165, 1.54) is 0 Å². The normalized spacial score (nSPS) is 20.4. The molecule has 0 aromatic heterocycles. The van der Waals surface area contributed by atoms with Gasteiger partial charge >= 0.3 is 6.03 Å². The second-order valence-electron chi connectivity index (χ2n) is 5.85. The molecule has 1 aromatic carbocycles. The smallest absolute Gasteiger partial charge is 0.321 e. The predicted octanol–water partition coefficient (Wildman–Crippen LogP) is 2.47. The zero-order valence-corrected chi connectivity index (χ0v) is 12.4. The zero-order valence-electron chi connectivity index (χ0n) is 11.7. The summed E-state index contributed by atoms with van der Waals surface area (Å²) in [7, 11) is 0. The highest BCUT2D eigenvalue weighted by molar-refractivity contribution is 6.33. The highest BCUT2D eigenvalue weighted by atomic mass is 35.5. The van der Waals surface area contributed by atoms with E-state index in [1.54, 1.807) is 17.0 Å². The molecule has 2 saturated heterocycles. The van der Waals surface area contributed by atoms with Crippen molar-refractivity contribution < 1.29 is 9.59 Å². The van der Waals surface area contributed by atoms with Crippen molar-refractivity contribution in [2.45, 2.75) is 19.3 Å². The Hall–Kier alpha value is -1.75. The molecule has 5 nitrogen and oxygen atoms in total. The minimum absolute atomic E-state index is 0.0538. The van der Waals surface area contributed by atoms with Crippen LogP contribution in [0.15, 0.2) is 24.3 Å². The number of nitrogens with one attached hydrogen (secondary N) is 2. The number of urea groups is 1. The van der Waals surface area contributed by atoms with E-state index < -0.39 is 0 Å². The third-order valence-corrected chi connectivity index (χ3v) is 4.75. The van der Waals surface area contributed by atoms with Gasteiger partial charge in [-0.3, -0.25) is 4.79 Å². The lowest BCUT2D eigenvalue weighted by Gasteiger charge is -2.38. The molecule has 3 amide bonds. The number of benzene rings is 1. The molecular formula is C15H18ClN3O2. The van der Waals surface area contributed by atoms with E-state index in [2.05, 4.69) is 10.6 Å². The van der Waals surface area contributed by atoms with E-state index in [0.717, 1.165) is 19.4 Å². The lowest BCUT2D eigenvalue weighted by Crippen LogP contribution is -2.45. The first-order valence-corrected chi connectivity index (χ1v) is 7.53. The number of carbonyl (C=O) groups excluding carboxylic acids is 2. The molecule has 0 saturated carbocycles. The van der Waals surface area contributed by atoms with Crippen LogP contribution < -0.4 is 10.6 Å². The summed E-state index contributed by atoms with van der Waals surface area (Å²) in [6, 6.07) is 7.06. The number of para-hydroxylation sites is 1. The lowest BCUT2D eigenvalue weighted by molar-refractivity contribution is -0.119. The van der Waals surface area contributed by atoms with Crippen LogP contribution in [0.1, 0.15) is 19.3 Å². The summed E-state index contributed by atoms with van der Waals surface area (Å²) in [5.41, 5.74) is 0.681. The number of rotatable bonds is 1. The van der Waals surface area contributed by atoms with E-state index >= 15 is 0 Å². The molecule has 1 spiro atoms. The first-order valence-electron chi connectivity index (χ1n) is 7.15. The van der Waals surface area contributed by atoms with Gasteiger partial charge in [-0.1, -0.05) is 23.7 Å². The molecule has 2 aliphatic rings. The first-order chi connectivity index (χ1) is 10.1. The van der Waals surface area contributed by atoms with E-state index in [-0.39, 0.29) is 17.4 Å². The summed E-state index contributed by atoms with van der Waals surface area (Å²) in [5.74, 6) is 0.129. The fraction of sp³-hybridized carbons (Fsp3) is 0.467. The molecule has 2 fully saturated rings. The van der Waals surface area contributed by atoms with Crippen molar-refractivity contribution in [2.75, 3.05) is 25.0 Å². The van der Waals surface area contributed by atoms with Gasteiger partial charge in [-0.2, -0.15) is 0 Å². The van der Waals surface area contributed by atoms with Crippen molar-refractivity contribution in [1.82, 2.24) is 10.2 Å². The molecule has 1 aromatic rings. The molecule has 2 heterocycles. The van der Waals surface area contributed by atoms with Crippen LogP contribution in [0.25, 0.3) is 0 Å². The van der Waals surface area contributed by atoms with Crippen molar-refractivity contribution in [1.29, 1.82) is 0 Å². The third-order valence-electron chi connectivity index (χ3n) is 4.42. The highest BCUT2D eigenvalue weighted by Crippen LogP contribution is 2.37. The Morgan fingerprint density at radius 3 is 2.62 bits per heavy atom. The van der Waals surface area contributed by atoms with E-state index in [4.69, 9.17) is 11.6 Å². The minimum Gasteiger partial charge on any atom is -0.356 e. The Morgan fingerprint density at radius 2 is 2.00 bits per heavy atom. The zero-order chi connectivity index (χ0) is 14.9. The summed E-state index contributed by atoms with van der Waals surface area (Å²) >= 11 is 6.04. The van der Waals surface area contributed by atoms with Crippen LogP contribution in [0.4, 0.5) is 10.5 Å². The number of halogens is 1. The van der Waals surface area contributed by atoms with Gasteiger partial charge in [0.25, 0.3) is 0 Å². The first kappa shape index (κ1) is 14.2. The molecule has 3 rings (SSSR count). The van der Waals surface area contributed by atoms with Gasteiger partial charge in [0.1, 0.15) is 0 Å². The number of hydrogen-bond donors (Lipinski definition) is 2. The molecule has 112 valence electrons. The number of anilines is 1. The van der Waals surface area contributed by atoms with Crippen molar-refractivity contribution in [3.8, 4) is 0 Å². The second kappa shape index (κ2) is 5.56. The number of piperidine rings is 1. The van der Waals surface area contributed by atoms with Crippen LogP contribution >= 0.6 is 11.6 Å². The maximum absolute atomic E-state index is 12.3. The van der Waals surface area contributed by atoms with Crippen LogP contribution in [0.2, 0.25) is 5.02 Å². The Kier molecular flexibility index (Phi) is 3.76. The summed E-state index contributed by atoms with van der Waals surface area (Å²) in [4.78, 5) is 25.4. The summed E-state index contributed by atoms with van der Waals surface area (Å²) < 4.78 is 0. The Labute approximate surface area is 128 Å². The average molecular weight is 308 g/mol. The van der Waals surface area contributed by atoms with Crippen LogP contribution in [-0.2, 0) is 4.79 Å². The number of hydrogen-bond acceptors (Lipinski definition) is 2. The van der Waals surface area contributed by atoms with Gasteiger partial charge in [-0.15, -0.1) is 0 Å². The predicted molar refractivity (Wildman–Crippen MR) is 81.3 cm³/mol. The molecule has 0 aliphatic carbocycles. The van der Waals surface area contributed by atoms with E-state index in [0.29, 0.717) is 30.2 Å². The van der Waals surface area contributed by atoms with E-state index in [1.807, 2.05) is 12.1 Å². The Balaban J connectivity index is 1.58. The van der Waals surface area contributed by atoms with Gasteiger partial charge in [0, 0.05) is 26.1 Å². The van der Waals surface area contributed by atoms with Crippen LogP contribution in [0.5, 0.6) is 0 Å². The molecule has 0 bridgehead atoms. The van der Waals surface area contributed by atoms with Gasteiger partial charge < -0.3 is 15.5 Å². The molecular weight excluding hydrogens is 290 g/mol. The molecule has 2 N–H and O–H groups in total. The van der Waals surface area contributed by atoms with Gasteiger partial charge in [-0.05, 0) is 30.4 Å². The number of carbonyl (C=O) groups is 2. The lowest BCUT2D eigenvalue weighted by atomic mass is 9.78. The van der Waals surface area contributed by atoms with Gasteiger partial charge in [0.05, 0.1) is 10.7 Å². The summed E-state index contributed by atoms with van der Waals surface area (Å²) in [5, 5.41) is 6.27. The molecule has 0 atom stereocenters. The summed E-state index contributed by atoms with van der Waals surface area (Å²) in [6.07, 6.45) is 2.32. The highest BCUT2D eigenvalue weighted by Gasteiger charge is 2.41. The number of nitrogens with zero attached hydrogens (tertiary/aromatic N) is 1. The monoisotopic (exact) mass is 307 g/mol. The van der Waals surface area contributed by atoms with Crippen molar-refractivity contribution >= 4 is 29.2 Å². The molecule has 0 unspecified atom stereocenters. The van der Waals surface area contributed by atoms with Crippen molar-refractivity contribution in [2.24, 2.45) is 5.41 Å². The Morgan fingerprint density at radius 1 is 1.29 bits per heavy atom. The number of likely N-dealkylation sites (tertiary alicyclic amines) is 1. The van der Waals surface area contributed by atoms with Gasteiger partial charge in [0.15, 0.2) is 0 Å². The number of amides is 3. The van der Waals surface area contributed by atoms with Crippen molar-refractivity contribution in [3.05, 3.63) is 29.3 Å². The van der Waals surface area contributed by atoms with Crippen LogP contribution in [0.3, 0.4) is 0 Å². The molecule has 6 heteroatoms. The third kappa shape index (κ3) is 2.97. The SMILES string of the molecule is O=C1CC2(CCN(C(=O)Nc3ccccc3Cl)CC2)CN1. The minimum atomic E-state index is -0.129. The molecule has 2 aliphatic heterocycles. The fourth-order valence-electron chi connectivity index (χ4n) is 3.05. The summed E-state index contributed by atoms with van der Waals surface area (Å²) in [6.45, 7) is 2.09. The topological polar surface area (TPSA) is 61.4 Å². The maximum atomic E-state index is 12.3. The maximum Gasteiger partial charge on any atom is 0.321 e. The van der Waals surface area contributed by atoms with Gasteiger partial charge in [-0.25, -0.2) is 4.79 Å².